The molecule has 2 heterocycles. The number of nitrogens with zero attached hydrogens (tertiary/aromatic N) is 3. The second-order valence-electron chi connectivity index (χ2n) is 5.09. The average Bonchev–Trinajstić information content (AvgIpc) is 2.85. The molecule has 1 saturated heterocycles. The minimum Gasteiger partial charge on any atom is -0.373 e. The summed E-state index contributed by atoms with van der Waals surface area (Å²) in [5, 5.41) is 7.43. The molecule has 1 aliphatic heterocycles. The van der Waals surface area contributed by atoms with Crippen LogP contribution in [0.5, 0.6) is 0 Å². The van der Waals surface area contributed by atoms with Crippen molar-refractivity contribution in [1.82, 2.24) is 14.6 Å². The number of rotatable bonds is 2. The van der Waals surface area contributed by atoms with E-state index in [1.165, 1.54) is 10.4 Å². The molecular formula is C12H14ClN3O4S. The third-order valence-corrected chi connectivity index (χ3v) is 5.65. The lowest BCUT2D eigenvalue weighted by Crippen LogP contribution is -2.48. The highest BCUT2D eigenvalue weighted by molar-refractivity contribution is 7.89. The standard InChI is InChI=1S/C12H14ClN3O4S/c1-7-5-16(6-8(2)19-7)21(17,18)12-9(13)3-4-10-11(12)15-20-14-10/h3-4,7-8H,5-6H2,1-2H3. The first kappa shape index (κ1) is 14.7. The molecule has 0 bridgehead atoms. The molecule has 1 aromatic carbocycles. The highest BCUT2D eigenvalue weighted by atomic mass is 35.5. The molecule has 1 fully saturated rings. The van der Waals surface area contributed by atoms with Crippen LogP contribution in [0.2, 0.25) is 5.02 Å². The Morgan fingerprint density at radius 2 is 1.90 bits per heavy atom. The topological polar surface area (TPSA) is 85.5 Å². The van der Waals surface area contributed by atoms with Crippen LogP contribution >= 0.6 is 11.6 Å². The van der Waals surface area contributed by atoms with Gasteiger partial charge in [0.15, 0.2) is 5.52 Å². The van der Waals surface area contributed by atoms with E-state index < -0.39 is 10.0 Å². The fraction of sp³-hybridized carbons (Fsp3) is 0.500. The summed E-state index contributed by atoms with van der Waals surface area (Å²) in [5.74, 6) is 0. The average molecular weight is 332 g/mol. The van der Waals surface area contributed by atoms with Crippen molar-refractivity contribution in [3.8, 4) is 0 Å². The maximum Gasteiger partial charge on any atom is 0.247 e. The number of benzene rings is 1. The van der Waals surface area contributed by atoms with Gasteiger partial charge in [0.05, 0.1) is 17.2 Å². The van der Waals surface area contributed by atoms with Crippen molar-refractivity contribution in [3.05, 3.63) is 17.2 Å². The van der Waals surface area contributed by atoms with E-state index in [1.54, 1.807) is 6.07 Å². The van der Waals surface area contributed by atoms with Gasteiger partial charge >= 0.3 is 0 Å². The highest BCUT2D eigenvalue weighted by Crippen LogP contribution is 2.32. The Kier molecular flexibility index (Phi) is 3.64. The molecule has 3 rings (SSSR count). The molecule has 0 radical (unpaired) electrons. The molecule has 1 aliphatic rings. The molecule has 0 N–H and O–H groups in total. The lowest BCUT2D eigenvalue weighted by atomic mass is 10.3. The van der Waals surface area contributed by atoms with Crippen molar-refractivity contribution in [2.45, 2.75) is 31.0 Å². The second-order valence-corrected chi connectivity index (χ2v) is 7.37. The van der Waals surface area contributed by atoms with E-state index in [9.17, 15) is 8.42 Å². The van der Waals surface area contributed by atoms with Gasteiger partial charge in [-0.25, -0.2) is 13.0 Å². The number of morpholine rings is 1. The first-order valence-corrected chi connectivity index (χ1v) is 8.28. The Bertz CT molecular complexity index is 766. The number of sulfonamides is 1. The lowest BCUT2D eigenvalue weighted by molar-refractivity contribution is -0.0440. The number of ether oxygens (including phenoxy) is 1. The Hall–Kier alpha value is -1.22. The van der Waals surface area contributed by atoms with Gasteiger partial charge in [0.2, 0.25) is 10.0 Å². The van der Waals surface area contributed by atoms with Gasteiger partial charge in [-0.2, -0.15) is 4.31 Å². The zero-order valence-electron chi connectivity index (χ0n) is 11.5. The summed E-state index contributed by atoms with van der Waals surface area (Å²) in [7, 11) is -3.80. The van der Waals surface area contributed by atoms with Crippen LogP contribution < -0.4 is 0 Å². The molecule has 9 heteroatoms. The number of fused-ring (bicyclic) bond motifs is 1. The lowest BCUT2D eigenvalue weighted by Gasteiger charge is -2.34. The molecule has 1 aromatic heterocycles. The smallest absolute Gasteiger partial charge is 0.247 e. The number of hydrogen-bond acceptors (Lipinski definition) is 6. The summed E-state index contributed by atoms with van der Waals surface area (Å²) in [5.41, 5.74) is 0.502. The molecule has 2 atom stereocenters. The minimum atomic E-state index is -3.80. The van der Waals surface area contributed by atoms with E-state index in [1.807, 2.05) is 13.8 Å². The van der Waals surface area contributed by atoms with E-state index in [0.29, 0.717) is 5.52 Å². The van der Waals surface area contributed by atoms with Crippen molar-refractivity contribution in [3.63, 3.8) is 0 Å². The van der Waals surface area contributed by atoms with Crippen molar-refractivity contribution in [2.24, 2.45) is 0 Å². The fourth-order valence-electron chi connectivity index (χ4n) is 2.50. The number of aromatic nitrogens is 2. The molecule has 0 amide bonds. The van der Waals surface area contributed by atoms with E-state index in [-0.39, 0.29) is 40.7 Å². The number of halogens is 1. The largest absolute Gasteiger partial charge is 0.373 e. The van der Waals surface area contributed by atoms with E-state index in [0.717, 1.165) is 0 Å². The summed E-state index contributed by atoms with van der Waals surface area (Å²) in [6.45, 7) is 4.20. The van der Waals surface area contributed by atoms with E-state index in [2.05, 4.69) is 14.9 Å². The van der Waals surface area contributed by atoms with Crippen molar-refractivity contribution >= 4 is 32.7 Å². The maximum absolute atomic E-state index is 12.9. The van der Waals surface area contributed by atoms with Gasteiger partial charge in [-0.3, -0.25) is 0 Å². The van der Waals surface area contributed by atoms with Gasteiger partial charge < -0.3 is 4.74 Å². The summed E-state index contributed by atoms with van der Waals surface area (Å²) < 4.78 is 37.3. The predicted molar refractivity (Wildman–Crippen MR) is 75.6 cm³/mol. The Labute approximate surface area is 126 Å². The third-order valence-electron chi connectivity index (χ3n) is 3.32. The highest BCUT2D eigenvalue weighted by Gasteiger charge is 2.35. The van der Waals surface area contributed by atoms with Gasteiger partial charge in [-0.15, -0.1) is 0 Å². The molecule has 2 unspecified atom stereocenters. The van der Waals surface area contributed by atoms with Crippen LogP contribution in [-0.2, 0) is 14.8 Å². The summed E-state index contributed by atoms with van der Waals surface area (Å²) in [6, 6.07) is 3.05. The molecular weight excluding hydrogens is 318 g/mol. The normalized spacial score (nSPS) is 24.5. The van der Waals surface area contributed by atoms with Crippen LogP contribution in [0.1, 0.15) is 13.8 Å². The van der Waals surface area contributed by atoms with Crippen LogP contribution in [0, 0.1) is 0 Å². The quantitative estimate of drug-likeness (QED) is 0.832. The Morgan fingerprint density at radius 1 is 1.24 bits per heavy atom. The predicted octanol–water partition coefficient (Wildman–Crippen LogP) is 1.67. The zero-order valence-corrected chi connectivity index (χ0v) is 13.1. The van der Waals surface area contributed by atoms with Crippen LogP contribution in [0.3, 0.4) is 0 Å². The SMILES string of the molecule is CC1CN(S(=O)(=O)c2c(Cl)ccc3nonc23)CC(C)O1. The van der Waals surface area contributed by atoms with Gasteiger partial charge in [-0.1, -0.05) is 11.6 Å². The summed E-state index contributed by atoms with van der Waals surface area (Å²) in [4.78, 5) is -0.0655. The molecule has 114 valence electrons. The second kappa shape index (κ2) is 5.20. The van der Waals surface area contributed by atoms with Crippen LogP contribution in [0.25, 0.3) is 11.0 Å². The zero-order chi connectivity index (χ0) is 15.2. The van der Waals surface area contributed by atoms with Crippen molar-refractivity contribution in [1.29, 1.82) is 0 Å². The van der Waals surface area contributed by atoms with Crippen LogP contribution in [0.15, 0.2) is 21.7 Å². The van der Waals surface area contributed by atoms with Gasteiger partial charge in [0.25, 0.3) is 0 Å². The molecule has 0 saturated carbocycles. The molecule has 0 aliphatic carbocycles. The molecule has 2 aromatic rings. The van der Waals surface area contributed by atoms with Crippen molar-refractivity contribution < 1.29 is 17.8 Å². The maximum atomic E-state index is 12.9. The summed E-state index contributed by atoms with van der Waals surface area (Å²) in [6.07, 6.45) is -0.367. The van der Waals surface area contributed by atoms with Gasteiger partial charge in [0.1, 0.15) is 10.4 Å². The van der Waals surface area contributed by atoms with Gasteiger partial charge in [0, 0.05) is 13.1 Å². The fourth-order valence-corrected chi connectivity index (χ4v) is 4.72. The Balaban J connectivity index is 2.12. The van der Waals surface area contributed by atoms with E-state index in [4.69, 9.17) is 16.3 Å². The molecule has 0 spiro atoms. The third kappa shape index (κ3) is 2.52. The van der Waals surface area contributed by atoms with Crippen molar-refractivity contribution in [2.75, 3.05) is 13.1 Å². The Morgan fingerprint density at radius 3 is 2.57 bits per heavy atom. The van der Waals surface area contributed by atoms with Gasteiger partial charge in [-0.05, 0) is 36.3 Å². The first-order chi connectivity index (χ1) is 9.89. The van der Waals surface area contributed by atoms with Crippen LogP contribution in [0.4, 0.5) is 0 Å². The monoisotopic (exact) mass is 331 g/mol. The summed E-state index contributed by atoms with van der Waals surface area (Å²) >= 11 is 6.09. The number of hydrogen-bond donors (Lipinski definition) is 0. The van der Waals surface area contributed by atoms with Crippen LogP contribution in [-0.4, -0.2) is 48.3 Å². The minimum absolute atomic E-state index is 0.0655. The first-order valence-electron chi connectivity index (χ1n) is 6.46. The molecule has 21 heavy (non-hydrogen) atoms. The molecule has 7 nitrogen and oxygen atoms in total. The van der Waals surface area contributed by atoms with E-state index >= 15 is 0 Å².